The van der Waals surface area contributed by atoms with Gasteiger partial charge in [-0.25, -0.2) is 23.7 Å². The fourth-order valence-corrected chi connectivity index (χ4v) is 4.56. The molecule has 4 aromatic rings. The molecular weight excluding hydrogens is 448 g/mol. The molecule has 0 radical (unpaired) electrons. The van der Waals surface area contributed by atoms with Crippen molar-refractivity contribution >= 4 is 28.2 Å². The lowest BCUT2D eigenvalue weighted by Gasteiger charge is -2.30. The predicted octanol–water partition coefficient (Wildman–Crippen LogP) is 4.70. The molecule has 35 heavy (non-hydrogen) atoms. The first kappa shape index (κ1) is 21.8. The summed E-state index contributed by atoms with van der Waals surface area (Å²) in [5.74, 6) is 0.941. The van der Waals surface area contributed by atoms with Crippen molar-refractivity contribution in [3.8, 4) is 11.4 Å². The summed E-state index contributed by atoms with van der Waals surface area (Å²) in [6.45, 7) is 5.08. The molecule has 1 aromatic carbocycles. The van der Waals surface area contributed by atoms with Gasteiger partial charge in [0.2, 0.25) is 0 Å². The van der Waals surface area contributed by atoms with Crippen molar-refractivity contribution in [2.45, 2.75) is 25.7 Å². The molecule has 0 amide bonds. The third-order valence-corrected chi connectivity index (χ3v) is 6.61. The van der Waals surface area contributed by atoms with Gasteiger partial charge in [0.15, 0.2) is 11.6 Å². The van der Waals surface area contributed by atoms with E-state index in [1.54, 1.807) is 31.5 Å². The molecule has 0 bridgehead atoms. The van der Waals surface area contributed by atoms with Crippen LogP contribution >= 0.6 is 0 Å². The molecule has 4 heterocycles. The zero-order chi connectivity index (χ0) is 23.9. The molecule has 6 rings (SSSR count). The van der Waals surface area contributed by atoms with Crippen LogP contribution in [-0.2, 0) is 0 Å². The molecule has 0 atom stereocenters. The highest BCUT2D eigenvalue weighted by Gasteiger charge is 2.29. The molecule has 1 saturated carbocycles. The number of pyridine rings is 2. The highest BCUT2D eigenvalue weighted by Crippen LogP contribution is 2.44. The fraction of sp³-hybridized carbons (Fsp3) is 0.308. The average Bonchev–Trinajstić information content (AvgIpc) is 3.74. The number of piperazine rings is 1. The Morgan fingerprint density at radius 2 is 1.89 bits per heavy atom. The Kier molecular flexibility index (Phi) is 5.49. The van der Waals surface area contributed by atoms with Crippen molar-refractivity contribution in [2.75, 3.05) is 36.4 Å². The molecule has 7 nitrogen and oxygen atoms in total. The molecular formula is C26H25F2N7. The van der Waals surface area contributed by atoms with E-state index in [1.807, 2.05) is 6.20 Å². The van der Waals surface area contributed by atoms with Gasteiger partial charge in [-0.3, -0.25) is 4.98 Å². The molecule has 2 fully saturated rings. The van der Waals surface area contributed by atoms with Crippen LogP contribution in [0.15, 0.2) is 42.9 Å². The van der Waals surface area contributed by atoms with E-state index in [1.165, 1.54) is 17.7 Å². The lowest BCUT2D eigenvalue weighted by atomic mass is 10.1. The van der Waals surface area contributed by atoms with Crippen LogP contribution in [0.25, 0.3) is 22.3 Å². The minimum Gasteiger partial charge on any atom is -0.353 e. The number of hydrogen-bond donors (Lipinski definition) is 2. The SMILES string of the molecule is Cc1ccc(F)c(Nc2cc(-c3nc(N4CCNCC4)c4c(C5CC5)cncc4n3)ccn2)c1F. The Morgan fingerprint density at radius 3 is 2.69 bits per heavy atom. The molecule has 3 aromatic heterocycles. The Labute approximate surface area is 201 Å². The summed E-state index contributed by atoms with van der Waals surface area (Å²) in [4.78, 5) is 20.9. The van der Waals surface area contributed by atoms with Gasteiger partial charge in [-0.15, -0.1) is 0 Å². The van der Waals surface area contributed by atoms with Gasteiger partial charge in [-0.2, -0.15) is 0 Å². The monoisotopic (exact) mass is 473 g/mol. The summed E-state index contributed by atoms with van der Waals surface area (Å²) in [7, 11) is 0. The molecule has 178 valence electrons. The molecule has 1 aliphatic heterocycles. The zero-order valence-electron chi connectivity index (χ0n) is 19.4. The first-order valence-electron chi connectivity index (χ1n) is 11.9. The third kappa shape index (κ3) is 4.16. The van der Waals surface area contributed by atoms with E-state index < -0.39 is 11.6 Å². The van der Waals surface area contributed by atoms with Gasteiger partial charge in [0.05, 0.1) is 11.7 Å². The zero-order valence-corrected chi connectivity index (χ0v) is 19.4. The summed E-state index contributed by atoms with van der Waals surface area (Å²) in [6.07, 6.45) is 7.65. The smallest absolute Gasteiger partial charge is 0.162 e. The molecule has 2 aliphatic rings. The van der Waals surface area contributed by atoms with E-state index in [9.17, 15) is 8.78 Å². The van der Waals surface area contributed by atoms with E-state index in [-0.39, 0.29) is 5.69 Å². The van der Waals surface area contributed by atoms with Crippen LogP contribution in [0.1, 0.15) is 29.9 Å². The molecule has 0 spiro atoms. The number of nitrogens with one attached hydrogen (secondary N) is 2. The van der Waals surface area contributed by atoms with Crippen LogP contribution in [0, 0.1) is 18.6 Å². The van der Waals surface area contributed by atoms with Crippen LogP contribution in [0.3, 0.4) is 0 Å². The van der Waals surface area contributed by atoms with E-state index >= 15 is 0 Å². The highest BCUT2D eigenvalue weighted by atomic mass is 19.1. The standard InChI is InChI=1S/C26H25F2N7/c1-15-2-5-19(27)24(23(15)28)33-21-12-17(6-7-31-21)25-32-20-14-30-13-18(16-3-4-16)22(20)26(34-25)35-10-8-29-9-11-35/h2,5-7,12-14,16,29H,3-4,8-11H2,1H3,(H,31,33). The number of anilines is 3. The van der Waals surface area contributed by atoms with Crippen LogP contribution in [-0.4, -0.2) is 46.1 Å². The number of hydrogen-bond acceptors (Lipinski definition) is 7. The summed E-state index contributed by atoms with van der Waals surface area (Å²) < 4.78 is 28.8. The minimum atomic E-state index is -0.679. The van der Waals surface area contributed by atoms with Crippen molar-refractivity contribution in [3.05, 3.63) is 65.6 Å². The van der Waals surface area contributed by atoms with E-state index in [2.05, 4.69) is 25.5 Å². The van der Waals surface area contributed by atoms with Crippen molar-refractivity contribution in [2.24, 2.45) is 0 Å². The van der Waals surface area contributed by atoms with Crippen LogP contribution in [0.4, 0.5) is 26.1 Å². The maximum absolute atomic E-state index is 14.5. The van der Waals surface area contributed by atoms with Crippen LogP contribution in [0.2, 0.25) is 0 Å². The number of aryl methyl sites for hydroxylation is 1. The average molecular weight is 474 g/mol. The predicted molar refractivity (Wildman–Crippen MR) is 132 cm³/mol. The summed E-state index contributed by atoms with van der Waals surface area (Å²) in [6, 6.07) is 6.16. The third-order valence-electron chi connectivity index (χ3n) is 6.61. The number of fused-ring (bicyclic) bond motifs is 1. The first-order chi connectivity index (χ1) is 17.1. The van der Waals surface area contributed by atoms with E-state index in [0.717, 1.165) is 55.7 Å². The summed E-state index contributed by atoms with van der Waals surface area (Å²) in [5, 5.41) is 7.26. The maximum Gasteiger partial charge on any atom is 0.162 e. The van der Waals surface area contributed by atoms with Crippen molar-refractivity contribution < 1.29 is 8.78 Å². The number of aromatic nitrogens is 4. The van der Waals surface area contributed by atoms with Crippen LogP contribution < -0.4 is 15.5 Å². The highest BCUT2D eigenvalue weighted by molar-refractivity contribution is 5.94. The number of benzene rings is 1. The normalized spacial score (nSPS) is 16.0. The Hall–Kier alpha value is -3.72. The molecule has 2 N–H and O–H groups in total. The Bertz CT molecular complexity index is 1410. The minimum absolute atomic E-state index is 0.228. The Morgan fingerprint density at radius 1 is 1.06 bits per heavy atom. The molecule has 0 unspecified atom stereocenters. The van der Waals surface area contributed by atoms with Gasteiger partial charge in [0, 0.05) is 49.5 Å². The van der Waals surface area contributed by atoms with Gasteiger partial charge in [0.1, 0.15) is 23.1 Å². The largest absolute Gasteiger partial charge is 0.353 e. The second-order valence-corrected chi connectivity index (χ2v) is 9.11. The topological polar surface area (TPSA) is 78.9 Å². The fourth-order valence-electron chi connectivity index (χ4n) is 4.56. The Balaban J connectivity index is 1.44. The van der Waals surface area contributed by atoms with E-state index in [0.29, 0.717) is 28.7 Å². The molecule has 1 saturated heterocycles. The first-order valence-corrected chi connectivity index (χ1v) is 11.9. The van der Waals surface area contributed by atoms with Gasteiger partial charge in [-0.1, -0.05) is 6.07 Å². The van der Waals surface area contributed by atoms with Crippen LogP contribution in [0.5, 0.6) is 0 Å². The van der Waals surface area contributed by atoms with Gasteiger partial charge in [-0.05, 0) is 55.0 Å². The van der Waals surface area contributed by atoms with Gasteiger partial charge < -0.3 is 15.5 Å². The molecule has 1 aliphatic carbocycles. The van der Waals surface area contributed by atoms with Gasteiger partial charge >= 0.3 is 0 Å². The van der Waals surface area contributed by atoms with Crippen molar-refractivity contribution in [1.29, 1.82) is 0 Å². The number of nitrogens with zero attached hydrogens (tertiary/aromatic N) is 5. The number of rotatable bonds is 5. The maximum atomic E-state index is 14.5. The lowest BCUT2D eigenvalue weighted by Crippen LogP contribution is -2.44. The second-order valence-electron chi connectivity index (χ2n) is 9.11. The molecule has 9 heteroatoms. The summed E-state index contributed by atoms with van der Waals surface area (Å²) in [5.41, 5.74) is 2.84. The van der Waals surface area contributed by atoms with Crippen molar-refractivity contribution in [3.63, 3.8) is 0 Å². The van der Waals surface area contributed by atoms with Crippen molar-refractivity contribution in [1.82, 2.24) is 25.3 Å². The lowest BCUT2D eigenvalue weighted by molar-refractivity contribution is 0.584. The quantitative estimate of drug-likeness (QED) is 0.435. The summed E-state index contributed by atoms with van der Waals surface area (Å²) >= 11 is 0. The van der Waals surface area contributed by atoms with E-state index in [4.69, 9.17) is 9.97 Å². The second kappa shape index (κ2) is 8.81. The van der Waals surface area contributed by atoms with Gasteiger partial charge in [0.25, 0.3) is 0 Å². The number of halogens is 2.